The standard InChI is InChI=1S/C18H12Cl2FN5/c19-14-2-1-3-15(20)13(14)9-26-18-12(8-23-26)16(22)24-17(25-18)10-4-6-11(21)7-5-10/h1-8H,9H2,(H2,22,24,25). The molecular weight excluding hydrogens is 376 g/mol. The Kier molecular flexibility index (Phi) is 4.22. The van der Waals surface area contributed by atoms with Crippen LogP contribution in [0.4, 0.5) is 10.2 Å². The highest BCUT2D eigenvalue weighted by Gasteiger charge is 2.14. The molecule has 0 aliphatic carbocycles. The highest BCUT2D eigenvalue weighted by molar-refractivity contribution is 6.36. The van der Waals surface area contributed by atoms with Crippen LogP contribution < -0.4 is 5.73 Å². The molecule has 0 aliphatic heterocycles. The first-order valence-electron chi connectivity index (χ1n) is 7.71. The van der Waals surface area contributed by atoms with Gasteiger partial charge in [-0.25, -0.2) is 19.0 Å². The molecule has 0 fully saturated rings. The Hall–Kier alpha value is -2.70. The van der Waals surface area contributed by atoms with E-state index in [9.17, 15) is 4.39 Å². The summed E-state index contributed by atoms with van der Waals surface area (Å²) < 4.78 is 14.8. The highest BCUT2D eigenvalue weighted by atomic mass is 35.5. The van der Waals surface area contributed by atoms with E-state index in [4.69, 9.17) is 28.9 Å². The molecule has 2 heterocycles. The summed E-state index contributed by atoms with van der Waals surface area (Å²) in [7, 11) is 0. The van der Waals surface area contributed by atoms with E-state index in [0.29, 0.717) is 44.8 Å². The van der Waals surface area contributed by atoms with Crippen molar-refractivity contribution < 1.29 is 4.39 Å². The van der Waals surface area contributed by atoms with Crippen molar-refractivity contribution in [3.8, 4) is 11.4 Å². The van der Waals surface area contributed by atoms with Crippen LogP contribution in [0.5, 0.6) is 0 Å². The van der Waals surface area contributed by atoms with Crippen molar-refractivity contribution in [2.45, 2.75) is 6.54 Å². The molecule has 0 spiro atoms. The predicted octanol–water partition coefficient (Wildman–Crippen LogP) is 4.57. The van der Waals surface area contributed by atoms with Gasteiger partial charge in [-0.15, -0.1) is 0 Å². The van der Waals surface area contributed by atoms with E-state index >= 15 is 0 Å². The maximum atomic E-state index is 13.2. The van der Waals surface area contributed by atoms with E-state index in [1.54, 1.807) is 41.2 Å². The number of benzene rings is 2. The van der Waals surface area contributed by atoms with Gasteiger partial charge in [0.25, 0.3) is 0 Å². The fraction of sp³-hybridized carbons (Fsp3) is 0.0556. The Morgan fingerprint density at radius 1 is 1.00 bits per heavy atom. The summed E-state index contributed by atoms with van der Waals surface area (Å²) in [6.07, 6.45) is 1.60. The zero-order valence-corrected chi connectivity index (χ0v) is 14.8. The van der Waals surface area contributed by atoms with Crippen molar-refractivity contribution in [2.75, 3.05) is 5.73 Å². The molecule has 26 heavy (non-hydrogen) atoms. The van der Waals surface area contributed by atoms with Gasteiger partial charge in [-0.05, 0) is 36.4 Å². The van der Waals surface area contributed by atoms with Gasteiger partial charge in [-0.2, -0.15) is 5.10 Å². The van der Waals surface area contributed by atoms with Gasteiger partial charge in [0.2, 0.25) is 0 Å². The fourth-order valence-electron chi connectivity index (χ4n) is 2.65. The Bertz CT molecular complexity index is 1090. The van der Waals surface area contributed by atoms with Crippen LogP contribution in [0.15, 0.2) is 48.7 Å². The summed E-state index contributed by atoms with van der Waals surface area (Å²) >= 11 is 12.5. The van der Waals surface area contributed by atoms with Gasteiger partial charge in [0.05, 0.1) is 18.1 Å². The topological polar surface area (TPSA) is 69.6 Å². The van der Waals surface area contributed by atoms with Gasteiger partial charge >= 0.3 is 0 Å². The van der Waals surface area contributed by atoms with E-state index in [1.807, 2.05) is 0 Å². The molecular formula is C18H12Cl2FN5. The maximum Gasteiger partial charge on any atom is 0.164 e. The van der Waals surface area contributed by atoms with Crippen LogP contribution in [-0.4, -0.2) is 19.7 Å². The summed E-state index contributed by atoms with van der Waals surface area (Å²) in [6.45, 7) is 0.335. The Balaban J connectivity index is 1.83. The Morgan fingerprint density at radius 3 is 2.38 bits per heavy atom. The first kappa shape index (κ1) is 16.8. The first-order valence-corrected chi connectivity index (χ1v) is 8.46. The minimum Gasteiger partial charge on any atom is -0.383 e. The van der Waals surface area contributed by atoms with Crippen molar-refractivity contribution >= 4 is 40.1 Å². The van der Waals surface area contributed by atoms with Crippen molar-refractivity contribution in [1.29, 1.82) is 0 Å². The minimum absolute atomic E-state index is 0.297. The molecule has 0 saturated carbocycles. The largest absolute Gasteiger partial charge is 0.383 e. The van der Waals surface area contributed by atoms with Crippen LogP contribution in [0.25, 0.3) is 22.4 Å². The quantitative estimate of drug-likeness (QED) is 0.558. The Morgan fingerprint density at radius 2 is 1.69 bits per heavy atom. The molecule has 2 N–H and O–H groups in total. The van der Waals surface area contributed by atoms with Crippen molar-refractivity contribution in [3.05, 3.63) is 70.1 Å². The number of fused-ring (bicyclic) bond motifs is 1. The summed E-state index contributed by atoms with van der Waals surface area (Å²) in [5, 5.41) is 6.05. The monoisotopic (exact) mass is 387 g/mol. The second kappa shape index (κ2) is 6.55. The van der Waals surface area contributed by atoms with E-state index < -0.39 is 0 Å². The van der Waals surface area contributed by atoms with Crippen LogP contribution in [0, 0.1) is 5.82 Å². The summed E-state index contributed by atoms with van der Waals surface area (Å²) in [5.74, 6) is 0.356. The molecule has 2 aromatic heterocycles. The zero-order valence-electron chi connectivity index (χ0n) is 13.3. The molecule has 2 aromatic carbocycles. The normalized spacial score (nSPS) is 11.2. The van der Waals surface area contributed by atoms with E-state index in [-0.39, 0.29) is 5.82 Å². The van der Waals surface area contributed by atoms with E-state index in [2.05, 4.69) is 15.1 Å². The van der Waals surface area contributed by atoms with E-state index in [0.717, 1.165) is 5.56 Å². The number of hydrogen-bond acceptors (Lipinski definition) is 4. The molecule has 0 amide bonds. The second-order valence-corrected chi connectivity index (χ2v) is 6.49. The number of nitrogen functional groups attached to an aromatic ring is 1. The van der Waals surface area contributed by atoms with Crippen LogP contribution in [0.2, 0.25) is 10.0 Å². The lowest BCUT2D eigenvalue weighted by atomic mass is 10.2. The number of aromatic nitrogens is 4. The van der Waals surface area contributed by atoms with Gasteiger partial charge in [-0.1, -0.05) is 29.3 Å². The number of rotatable bonds is 3. The van der Waals surface area contributed by atoms with Gasteiger partial charge < -0.3 is 5.73 Å². The lowest BCUT2D eigenvalue weighted by Gasteiger charge is -2.09. The average Bonchev–Trinajstić information content (AvgIpc) is 3.02. The molecule has 130 valence electrons. The molecule has 0 atom stereocenters. The van der Waals surface area contributed by atoms with Crippen LogP contribution in [0.1, 0.15) is 5.56 Å². The smallest absolute Gasteiger partial charge is 0.164 e. The van der Waals surface area contributed by atoms with Gasteiger partial charge in [-0.3, -0.25) is 0 Å². The number of halogens is 3. The summed E-state index contributed by atoms with van der Waals surface area (Å²) in [4.78, 5) is 8.85. The first-order chi connectivity index (χ1) is 12.5. The highest BCUT2D eigenvalue weighted by Crippen LogP contribution is 2.28. The zero-order chi connectivity index (χ0) is 18.3. The molecule has 0 unspecified atom stereocenters. The van der Waals surface area contributed by atoms with Gasteiger partial charge in [0.1, 0.15) is 11.6 Å². The number of anilines is 1. The van der Waals surface area contributed by atoms with Gasteiger partial charge in [0.15, 0.2) is 11.5 Å². The molecule has 0 saturated heterocycles. The predicted molar refractivity (Wildman–Crippen MR) is 101 cm³/mol. The average molecular weight is 388 g/mol. The number of hydrogen-bond donors (Lipinski definition) is 1. The number of nitrogens with zero attached hydrogens (tertiary/aromatic N) is 4. The van der Waals surface area contributed by atoms with Crippen molar-refractivity contribution in [3.63, 3.8) is 0 Å². The molecule has 0 aliphatic rings. The van der Waals surface area contributed by atoms with Crippen molar-refractivity contribution in [1.82, 2.24) is 19.7 Å². The third kappa shape index (κ3) is 2.98. The molecule has 0 radical (unpaired) electrons. The van der Waals surface area contributed by atoms with Crippen molar-refractivity contribution in [2.24, 2.45) is 0 Å². The maximum absolute atomic E-state index is 13.2. The fourth-order valence-corrected chi connectivity index (χ4v) is 3.17. The Labute approximate surface area is 158 Å². The lowest BCUT2D eigenvalue weighted by molar-refractivity contribution is 0.628. The van der Waals surface area contributed by atoms with Crippen LogP contribution >= 0.6 is 23.2 Å². The molecule has 5 nitrogen and oxygen atoms in total. The third-order valence-corrected chi connectivity index (χ3v) is 4.71. The molecule has 0 bridgehead atoms. The summed E-state index contributed by atoms with van der Waals surface area (Å²) in [5.41, 5.74) is 8.00. The SMILES string of the molecule is Nc1nc(-c2ccc(F)cc2)nc2c1cnn2Cc1c(Cl)cccc1Cl. The van der Waals surface area contributed by atoms with Crippen LogP contribution in [0.3, 0.4) is 0 Å². The molecule has 8 heteroatoms. The molecule has 4 aromatic rings. The lowest BCUT2D eigenvalue weighted by Crippen LogP contribution is -2.05. The third-order valence-electron chi connectivity index (χ3n) is 4.00. The van der Waals surface area contributed by atoms with Crippen LogP contribution in [-0.2, 0) is 6.54 Å². The van der Waals surface area contributed by atoms with Gasteiger partial charge in [0, 0.05) is 21.2 Å². The summed E-state index contributed by atoms with van der Waals surface area (Å²) in [6, 6.07) is 11.2. The second-order valence-electron chi connectivity index (χ2n) is 5.68. The molecule has 4 rings (SSSR count). The van der Waals surface area contributed by atoms with E-state index in [1.165, 1.54) is 12.1 Å². The minimum atomic E-state index is -0.332. The number of nitrogens with two attached hydrogens (primary N) is 1.